The van der Waals surface area contributed by atoms with Gasteiger partial charge in [0.2, 0.25) is 0 Å². The molecule has 0 aliphatic heterocycles. The molecular weight excluding hydrogens is 150 g/mol. The number of nitrogens with two attached hydrogens (primary N) is 1. The van der Waals surface area contributed by atoms with E-state index < -0.39 is 11.0 Å². The third-order valence-corrected chi connectivity index (χ3v) is 1.81. The summed E-state index contributed by atoms with van der Waals surface area (Å²) in [5.41, 5.74) is 0. The Balaban J connectivity index is 0. The SMILES string of the molecule is CC(C)(C)[S@](N)=O.[Ar]. The fraction of sp³-hybridized carbons (Fsp3) is 1.00. The Labute approximate surface area is 82.8 Å². The topological polar surface area (TPSA) is 43.1 Å². The number of hydrogen-bond donors (Lipinski definition) is 1. The molecule has 0 aromatic heterocycles. The van der Waals surface area contributed by atoms with Crippen LogP contribution in [-0.2, 0) is 11.0 Å². The van der Waals surface area contributed by atoms with Gasteiger partial charge >= 0.3 is 0 Å². The summed E-state index contributed by atoms with van der Waals surface area (Å²) in [6.07, 6.45) is 0. The first-order chi connectivity index (χ1) is 2.94. The van der Waals surface area contributed by atoms with E-state index in [0.29, 0.717) is 0 Å². The Morgan fingerprint density at radius 2 is 1.50 bits per heavy atom. The van der Waals surface area contributed by atoms with Crippen molar-refractivity contribution < 1.29 is 41.9 Å². The van der Waals surface area contributed by atoms with Crippen molar-refractivity contribution in [3.05, 3.63) is 0 Å². The van der Waals surface area contributed by atoms with Crippen LogP contribution in [0.1, 0.15) is 20.8 Å². The van der Waals surface area contributed by atoms with Gasteiger partial charge in [-0.2, -0.15) is 0 Å². The Morgan fingerprint density at radius 3 is 1.50 bits per heavy atom. The zero-order chi connectivity index (χ0) is 6.08. The van der Waals surface area contributed by atoms with E-state index in [1.807, 2.05) is 20.8 Å². The Hall–Kier alpha value is 1.37. The average molecular weight is 161 g/mol. The minimum Gasteiger partial charge on any atom is -0.251 e. The van der Waals surface area contributed by atoms with Gasteiger partial charge in [-0.25, -0.2) is 4.21 Å². The molecule has 8 heavy (non-hydrogen) atoms. The molecule has 0 bridgehead atoms. The molecule has 0 radical (unpaired) electrons. The Kier molecular flexibility index (Phi) is 6.39. The van der Waals surface area contributed by atoms with E-state index in [2.05, 4.69) is 0 Å². The predicted octanol–water partition coefficient (Wildman–Crippen LogP) is 0.407. The normalized spacial score (nSPS) is 14.5. The quantitative estimate of drug-likeness (QED) is 0.549. The molecule has 1 atom stereocenters. The third kappa shape index (κ3) is 5.51. The second kappa shape index (κ2) is 4.23. The summed E-state index contributed by atoms with van der Waals surface area (Å²) in [5.74, 6) is 0. The number of hydrogen-bond acceptors (Lipinski definition) is 1. The van der Waals surface area contributed by atoms with E-state index in [4.69, 9.17) is 5.14 Å². The van der Waals surface area contributed by atoms with Crippen LogP contribution in [0.5, 0.6) is 0 Å². The third-order valence-electron chi connectivity index (χ3n) is 0.604. The van der Waals surface area contributed by atoms with Crippen molar-refractivity contribution in [2.45, 2.75) is 25.5 Å². The van der Waals surface area contributed by atoms with Crippen molar-refractivity contribution in [1.82, 2.24) is 0 Å². The molecule has 4 heteroatoms. The number of rotatable bonds is 0. The summed E-state index contributed by atoms with van der Waals surface area (Å²) in [6, 6.07) is 0. The van der Waals surface area contributed by atoms with Crippen molar-refractivity contribution in [2.75, 3.05) is 0 Å². The second-order valence-corrected chi connectivity index (χ2v) is 4.23. The first-order valence-corrected chi connectivity index (χ1v) is 3.32. The molecular formula is C4H11ArNOS. The van der Waals surface area contributed by atoms with Gasteiger partial charge in [-0.15, -0.1) is 0 Å². The molecule has 0 rings (SSSR count). The molecule has 2 nitrogen and oxygen atoms in total. The van der Waals surface area contributed by atoms with Gasteiger partial charge < -0.3 is 0 Å². The summed E-state index contributed by atoms with van der Waals surface area (Å²) >= 11 is 0. The van der Waals surface area contributed by atoms with Crippen LogP contribution in [0.4, 0.5) is 0 Å². The van der Waals surface area contributed by atoms with Gasteiger partial charge in [0.25, 0.3) is 0 Å². The molecule has 0 heterocycles. The van der Waals surface area contributed by atoms with E-state index in [9.17, 15) is 4.21 Å². The maximum atomic E-state index is 10.4. The molecule has 0 unspecified atom stereocenters. The first-order valence-electron chi connectivity index (χ1n) is 2.11. The Morgan fingerprint density at radius 1 is 1.38 bits per heavy atom. The molecule has 0 aromatic carbocycles. The van der Waals surface area contributed by atoms with Crippen LogP contribution in [0.15, 0.2) is 0 Å². The fourth-order valence-corrected chi connectivity index (χ4v) is 0. The van der Waals surface area contributed by atoms with Gasteiger partial charge in [0.05, 0.1) is 15.7 Å². The molecule has 0 spiro atoms. The molecule has 0 saturated carbocycles. The molecule has 0 aliphatic carbocycles. The van der Waals surface area contributed by atoms with E-state index in [1.54, 1.807) is 0 Å². The Bertz CT molecular complexity index is 88.5. The van der Waals surface area contributed by atoms with Crippen molar-refractivity contribution in [1.29, 1.82) is 0 Å². The standard InChI is InChI=1S/C4H11NOS.Ar/c1-4(2,3)7(5)6;/h5H2,1-3H3;/t7-;/m1./s1. The second-order valence-electron chi connectivity index (χ2n) is 2.41. The average Bonchev–Trinajstić information content (AvgIpc) is 1.31. The van der Waals surface area contributed by atoms with Crippen LogP contribution >= 0.6 is 0 Å². The van der Waals surface area contributed by atoms with Gasteiger partial charge in [-0.3, -0.25) is 5.14 Å². The molecule has 0 fully saturated rings. The van der Waals surface area contributed by atoms with Crippen LogP contribution in [0.25, 0.3) is 0 Å². The van der Waals surface area contributed by atoms with Crippen molar-refractivity contribution in [3.8, 4) is 0 Å². The molecule has 0 aliphatic rings. The van der Waals surface area contributed by atoms with Crippen molar-refractivity contribution >= 4 is 11.0 Å². The van der Waals surface area contributed by atoms with Gasteiger partial charge in [0.15, 0.2) is 0 Å². The summed E-state index contributed by atoms with van der Waals surface area (Å²) in [7, 11) is -1.18. The zero-order valence-electron chi connectivity index (χ0n) is 5.25. The molecule has 0 amide bonds. The van der Waals surface area contributed by atoms with Gasteiger partial charge in [0, 0.05) is 37.7 Å². The molecule has 52 valence electrons. The molecule has 0 saturated heterocycles. The summed E-state index contributed by atoms with van der Waals surface area (Å²) in [4.78, 5) is 0. The van der Waals surface area contributed by atoms with Crippen molar-refractivity contribution in [2.24, 2.45) is 5.14 Å². The van der Waals surface area contributed by atoms with E-state index in [1.165, 1.54) is 0 Å². The zero-order valence-corrected chi connectivity index (χ0v) is 6.77. The fourth-order valence-electron chi connectivity index (χ4n) is 0. The van der Waals surface area contributed by atoms with Crippen molar-refractivity contribution in [3.63, 3.8) is 0 Å². The maximum absolute atomic E-state index is 10.4. The minimum absolute atomic E-state index is 0. The van der Waals surface area contributed by atoms with Crippen LogP contribution in [-0.4, -0.2) is 8.96 Å². The van der Waals surface area contributed by atoms with Gasteiger partial charge in [0.1, 0.15) is 0 Å². The summed E-state index contributed by atoms with van der Waals surface area (Å²) in [5, 5.41) is 5.04. The van der Waals surface area contributed by atoms with Crippen LogP contribution in [0, 0.1) is 37.7 Å². The minimum atomic E-state index is -1.18. The van der Waals surface area contributed by atoms with Crippen LogP contribution < -0.4 is 5.14 Å². The van der Waals surface area contributed by atoms with Gasteiger partial charge in [-0.05, 0) is 20.8 Å². The maximum Gasteiger partial charge on any atom is 0.0942 e. The van der Waals surface area contributed by atoms with Crippen LogP contribution in [0.2, 0.25) is 0 Å². The first kappa shape index (κ1) is 12.1. The molecule has 2 N–H and O–H groups in total. The van der Waals surface area contributed by atoms with E-state index in [-0.39, 0.29) is 42.5 Å². The van der Waals surface area contributed by atoms with Gasteiger partial charge in [-0.1, -0.05) is 0 Å². The molecule has 0 aromatic rings. The monoisotopic (exact) mass is 161 g/mol. The summed E-state index contributed by atoms with van der Waals surface area (Å²) in [6.45, 7) is 5.51. The summed E-state index contributed by atoms with van der Waals surface area (Å²) < 4.78 is 10.1. The van der Waals surface area contributed by atoms with E-state index in [0.717, 1.165) is 0 Å². The predicted molar refractivity (Wildman–Crippen MR) is 32.1 cm³/mol. The largest absolute Gasteiger partial charge is 0.251 e. The smallest absolute Gasteiger partial charge is 0.0942 e. The van der Waals surface area contributed by atoms with E-state index >= 15 is 0 Å². The van der Waals surface area contributed by atoms with Crippen LogP contribution in [0.3, 0.4) is 0 Å².